The molecular weight excluding hydrogens is 497 g/mol. The van der Waals surface area contributed by atoms with Gasteiger partial charge >= 0.3 is 0 Å². The Balaban J connectivity index is 1.61. The Labute approximate surface area is 221 Å². The molecule has 3 aromatic carbocycles. The normalized spacial score (nSPS) is 17.3. The van der Waals surface area contributed by atoms with E-state index in [2.05, 4.69) is 5.32 Å². The molecule has 1 saturated carbocycles. The van der Waals surface area contributed by atoms with Crippen LogP contribution in [0.2, 0.25) is 10.0 Å². The van der Waals surface area contributed by atoms with Crippen LogP contribution in [0.1, 0.15) is 52.0 Å². The molecule has 0 aliphatic heterocycles. The lowest BCUT2D eigenvalue weighted by Gasteiger charge is -2.38. The van der Waals surface area contributed by atoms with Crippen molar-refractivity contribution >= 4 is 40.7 Å². The van der Waals surface area contributed by atoms with Crippen molar-refractivity contribution in [3.8, 4) is 5.75 Å². The van der Waals surface area contributed by atoms with Gasteiger partial charge in [0.2, 0.25) is 0 Å². The first-order valence-corrected chi connectivity index (χ1v) is 12.7. The van der Waals surface area contributed by atoms with Crippen LogP contribution in [0, 0.1) is 0 Å². The largest absolute Gasteiger partial charge is 0.497 e. The summed E-state index contributed by atoms with van der Waals surface area (Å²) in [5, 5.41) is 3.88. The monoisotopic (exact) mass is 525 g/mol. The Morgan fingerprint density at radius 1 is 1.00 bits per heavy atom. The van der Waals surface area contributed by atoms with Crippen molar-refractivity contribution in [2.75, 3.05) is 12.4 Å². The zero-order valence-corrected chi connectivity index (χ0v) is 21.6. The molecule has 2 unspecified atom stereocenters. The third-order valence-electron chi connectivity index (χ3n) is 6.51. The molecule has 0 heterocycles. The van der Waals surface area contributed by atoms with Crippen molar-refractivity contribution < 1.29 is 14.3 Å². The lowest BCUT2D eigenvalue weighted by molar-refractivity contribution is 0.0583. The molecule has 36 heavy (non-hydrogen) atoms. The highest BCUT2D eigenvalue weighted by Crippen LogP contribution is 2.29. The molecule has 0 radical (unpaired) electrons. The van der Waals surface area contributed by atoms with Gasteiger partial charge in [-0.3, -0.25) is 9.59 Å². The highest BCUT2D eigenvalue weighted by molar-refractivity contribution is 6.31. The van der Waals surface area contributed by atoms with E-state index in [-0.39, 0.29) is 30.4 Å². The van der Waals surface area contributed by atoms with Crippen LogP contribution in [0.3, 0.4) is 0 Å². The molecule has 0 aromatic heterocycles. The molecule has 0 saturated heterocycles. The molecule has 1 fully saturated rings. The van der Waals surface area contributed by atoms with E-state index in [4.69, 9.17) is 33.7 Å². The Kier molecular flexibility index (Phi) is 8.52. The SMILES string of the molecule is COc1ccc(C(=O)N(Cc2cc(NC(=O)c3cccc(Cl)c3)ccc2Cl)C2CCCCC2N)cc1. The molecule has 1 aliphatic rings. The Morgan fingerprint density at radius 2 is 1.75 bits per heavy atom. The highest BCUT2D eigenvalue weighted by atomic mass is 35.5. The summed E-state index contributed by atoms with van der Waals surface area (Å²) < 4.78 is 5.23. The van der Waals surface area contributed by atoms with Crippen LogP contribution in [0.25, 0.3) is 0 Å². The van der Waals surface area contributed by atoms with Gasteiger partial charge in [0.05, 0.1) is 7.11 Å². The Hall–Kier alpha value is -3.06. The van der Waals surface area contributed by atoms with Gasteiger partial charge < -0.3 is 20.7 Å². The molecule has 1 aliphatic carbocycles. The second-order valence-corrected chi connectivity index (χ2v) is 9.79. The molecule has 2 atom stereocenters. The molecule has 0 spiro atoms. The molecule has 3 aromatic rings. The number of nitrogens with one attached hydrogen (secondary N) is 1. The number of ether oxygens (including phenoxy) is 1. The number of methoxy groups -OCH3 is 1. The van der Waals surface area contributed by atoms with Crippen molar-refractivity contribution in [2.45, 2.75) is 44.3 Å². The topological polar surface area (TPSA) is 84.7 Å². The van der Waals surface area contributed by atoms with E-state index in [9.17, 15) is 9.59 Å². The maximum absolute atomic E-state index is 13.7. The fourth-order valence-electron chi connectivity index (χ4n) is 4.56. The standard InChI is InChI=1S/C28H29Cl2N3O3/c1-36-23-12-9-18(10-13-23)28(35)33(26-8-3-2-7-25(26)31)17-20-16-22(11-14-24(20)30)32-27(34)19-5-4-6-21(29)15-19/h4-6,9-16,25-26H,2-3,7-8,17,31H2,1H3,(H,32,34). The summed E-state index contributed by atoms with van der Waals surface area (Å²) in [6, 6.07) is 18.8. The van der Waals surface area contributed by atoms with E-state index >= 15 is 0 Å². The minimum Gasteiger partial charge on any atom is -0.497 e. The molecule has 3 N–H and O–H groups in total. The van der Waals surface area contributed by atoms with E-state index in [1.807, 2.05) is 4.90 Å². The average molecular weight is 526 g/mol. The van der Waals surface area contributed by atoms with Gasteiger partial charge in [-0.15, -0.1) is 0 Å². The zero-order chi connectivity index (χ0) is 25.7. The van der Waals surface area contributed by atoms with Crippen molar-refractivity contribution in [1.29, 1.82) is 0 Å². The number of rotatable bonds is 7. The van der Waals surface area contributed by atoms with Crippen LogP contribution >= 0.6 is 23.2 Å². The Morgan fingerprint density at radius 3 is 2.44 bits per heavy atom. The fraction of sp³-hybridized carbons (Fsp3) is 0.286. The van der Waals surface area contributed by atoms with Crippen LogP contribution in [-0.2, 0) is 6.54 Å². The molecule has 188 valence electrons. The number of carbonyl (C=O) groups is 2. The summed E-state index contributed by atoms with van der Waals surface area (Å²) in [6.45, 7) is 0.267. The summed E-state index contributed by atoms with van der Waals surface area (Å²) in [7, 11) is 1.59. The van der Waals surface area contributed by atoms with Gasteiger partial charge in [0, 0.05) is 45.5 Å². The zero-order valence-electron chi connectivity index (χ0n) is 20.0. The molecule has 6 nitrogen and oxygen atoms in total. The number of nitrogens with two attached hydrogens (primary N) is 1. The number of benzene rings is 3. The van der Waals surface area contributed by atoms with Gasteiger partial charge in [0.25, 0.3) is 11.8 Å². The van der Waals surface area contributed by atoms with Gasteiger partial charge in [-0.05, 0) is 79.1 Å². The fourth-order valence-corrected chi connectivity index (χ4v) is 4.92. The number of anilines is 1. The minimum atomic E-state index is -0.286. The van der Waals surface area contributed by atoms with Crippen molar-refractivity contribution in [2.24, 2.45) is 5.73 Å². The van der Waals surface area contributed by atoms with Crippen LogP contribution in [0.5, 0.6) is 5.75 Å². The maximum atomic E-state index is 13.7. The predicted octanol–water partition coefficient (Wildman–Crippen LogP) is 6.17. The van der Waals surface area contributed by atoms with Crippen LogP contribution in [0.15, 0.2) is 66.7 Å². The minimum absolute atomic E-state index is 0.117. The first-order chi connectivity index (χ1) is 17.4. The maximum Gasteiger partial charge on any atom is 0.255 e. The average Bonchev–Trinajstić information content (AvgIpc) is 2.89. The summed E-state index contributed by atoms with van der Waals surface area (Å²) in [5.74, 6) is 0.273. The van der Waals surface area contributed by atoms with E-state index in [0.29, 0.717) is 32.6 Å². The highest BCUT2D eigenvalue weighted by Gasteiger charge is 2.32. The van der Waals surface area contributed by atoms with Gasteiger partial charge in [0.1, 0.15) is 5.75 Å². The van der Waals surface area contributed by atoms with E-state index in [1.54, 1.807) is 73.8 Å². The summed E-state index contributed by atoms with van der Waals surface area (Å²) in [4.78, 5) is 28.2. The predicted molar refractivity (Wildman–Crippen MR) is 144 cm³/mol. The van der Waals surface area contributed by atoms with E-state index in [1.165, 1.54) is 0 Å². The number of hydrogen-bond donors (Lipinski definition) is 2. The smallest absolute Gasteiger partial charge is 0.255 e. The van der Waals surface area contributed by atoms with Gasteiger partial charge in [-0.25, -0.2) is 0 Å². The van der Waals surface area contributed by atoms with Crippen molar-refractivity contribution in [1.82, 2.24) is 4.90 Å². The Bertz CT molecular complexity index is 1230. The van der Waals surface area contributed by atoms with E-state index in [0.717, 1.165) is 31.2 Å². The van der Waals surface area contributed by atoms with Crippen molar-refractivity contribution in [3.05, 3.63) is 93.5 Å². The number of amides is 2. The van der Waals surface area contributed by atoms with Crippen LogP contribution < -0.4 is 15.8 Å². The number of carbonyl (C=O) groups excluding carboxylic acids is 2. The van der Waals surface area contributed by atoms with Crippen LogP contribution in [0.4, 0.5) is 5.69 Å². The third-order valence-corrected chi connectivity index (χ3v) is 7.11. The molecule has 4 rings (SSSR count). The molecule has 8 heteroatoms. The number of halogens is 2. The van der Waals surface area contributed by atoms with Crippen molar-refractivity contribution in [3.63, 3.8) is 0 Å². The quantitative estimate of drug-likeness (QED) is 0.386. The summed E-state index contributed by atoms with van der Waals surface area (Å²) in [6.07, 6.45) is 3.74. The van der Waals surface area contributed by atoms with Crippen LogP contribution in [-0.4, -0.2) is 35.9 Å². The third kappa shape index (κ3) is 6.19. The van der Waals surface area contributed by atoms with Gasteiger partial charge in [-0.2, -0.15) is 0 Å². The molecule has 0 bridgehead atoms. The van der Waals surface area contributed by atoms with Gasteiger partial charge in [-0.1, -0.05) is 42.1 Å². The first kappa shape index (κ1) is 26.0. The summed E-state index contributed by atoms with van der Waals surface area (Å²) in [5.41, 5.74) is 8.79. The number of hydrogen-bond acceptors (Lipinski definition) is 4. The van der Waals surface area contributed by atoms with Gasteiger partial charge in [0.15, 0.2) is 0 Å². The lowest BCUT2D eigenvalue weighted by atomic mass is 9.89. The lowest BCUT2D eigenvalue weighted by Crippen LogP contribution is -2.51. The number of nitrogens with zero attached hydrogens (tertiary/aromatic N) is 1. The second kappa shape index (κ2) is 11.8. The first-order valence-electron chi connectivity index (χ1n) is 11.9. The van der Waals surface area contributed by atoms with E-state index < -0.39 is 0 Å². The molecular formula is C28H29Cl2N3O3. The second-order valence-electron chi connectivity index (χ2n) is 8.95. The summed E-state index contributed by atoms with van der Waals surface area (Å²) >= 11 is 12.6. The molecule has 2 amide bonds.